The monoisotopic (exact) mass is 189 g/mol. The highest BCUT2D eigenvalue weighted by Crippen LogP contribution is 2.02. The summed E-state index contributed by atoms with van der Waals surface area (Å²) < 4.78 is 0. The first-order valence-electron chi connectivity index (χ1n) is 4.24. The summed E-state index contributed by atoms with van der Waals surface area (Å²) in [6, 6.07) is 8.91. The van der Waals surface area contributed by atoms with Crippen LogP contribution in [0.3, 0.4) is 0 Å². The molecule has 0 bridgehead atoms. The Morgan fingerprint density at radius 3 is 2.43 bits per heavy atom. The van der Waals surface area contributed by atoms with Crippen LogP contribution in [0.2, 0.25) is 0 Å². The average Bonchev–Trinajstić information content (AvgIpc) is 2.18. The first-order chi connectivity index (χ1) is 6.70. The van der Waals surface area contributed by atoms with E-state index >= 15 is 0 Å². The van der Waals surface area contributed by atoms with Gasteiger partial charge in [-0.05, 0) is 6.08 Å². The molecule has 0 unspecified atom stereocenters. The van der Waals surface area contributed by atoms with Crippen molar-refractivity contribution in [1.29, 1.82) is 0 Å². The molecule has 14 heavy (non-hydrogen) atoms. The second-order valence-electron chi connectivity index (χ2n) is 2.80. The highest BCUT2D eigenvalue weighted by molar-refractivity contribution is 5.97. The van der Waals surface area contributed by atoms with E-state index in [0.29, 0.717) is 5.56 Å². The van der Waals surface area contributed by atoms with Crippen LogP contribution >= 0.6 is 0 Å². The molecule has 0 aromatic heterocycles. The van der Waals surface area contributed by atoms with Crippen molar-refractivity contribution in [2.45, 2.75) is 6.42 Å². The molecule has 3 heteroatoms. The lowest BCUT2D eigenvalue weighted by Crippen LogP contribution is -2.06. The summed E-state index contributed by atoms with van der Waals surface area (Å²) in [5.74, 6) is -0.561. The van der Waals surface area contributed by atoms with Gasteiger partial charge in [0.1, 0.15) is 0 Å². The summed E-state index contributed by atoms with van der Waals surface area (Å²) >= 11 is 0. The van der Waals surface area contributed by atoms with Crippen LogP contribution in [0.5, 0.6) is 0 Å². The van der Waals surface area contributed by atoms with E-state index < -0.39 is 5.91 Å². The van der Waals surface area contributed by atoms with Gasteiger partial charge in [-0.25, -0.2) is 0 Å². The van der Waals surface area contributed by atoms with E-state index in [9.17, 15) is 9.59 Å². The lowest BCUT2D eigenvalue weighted by atomic mass is 10.1. The number of allylic oxidation sites excluding steroid dienone is 1. The number of carbonyl (C=O) groups is 2. The van der Waals surface area contributed by atoms with E-state index in [-0.39, 0.29) is 12.2 Å². The molecule has 0 fully saturated rings. The van der Waals surface area contributed by atoms with Gasteiger partial charge in [0.05, 0.1) is 0 Å². The highest BCUT2D eigenvalue weighted by atomic mass is 16.1. The van der Waals surface area contributed by atoms with Crippen LogP contribution in [0.25, 0.3) is 0 Å². The van der Waals surface area contributed by atoms with Gasteiger partial charge >= 0.3 is 0 Å². The molecule has 0 heterocycles. The predicted molar refractivity (Wildman–Crippen MR) is 53.7 cm³/mol. The summed E-state index contributed by atoms with van der Waals surface area (Å²) in [6.07, 6.45) is 2.87. The maximum atomic E-state index is 11.4. The number of benzene rings is 1. The zero-order valence-corrected chi connectivity index (χ0v) is 7.64. The van der Waals surface area contributed by atoms with E-state index in [4.69, 9.17) is 5.73 Å². The smallest absolute Gasteiger partial charge is 0.241 e. The van der Waals surface area contributed by atoms with E-state index in [1.165, 1.54) is 12.2 Å². The Morgan fingerprint density at radius 1 is 1.21 bits per heavy atom. The summed E-state index contributed by atoms with van der Waals surface area (Å²) in [6.45, 7) is 0. The molecular formula is C11H11NO2. The third-order valence-electron chi connectivity index (χ3n) is 1.68. The Kier molecular flexibility index (Phi) is 3.61. The first kappa shape index (κ1) is 10.2. The average molecular weight is 189 g/mol. The minimum absolute atomic E-state index is 0.0249. The SMILES string of the molecule is NC(=O)C=CCC(=O)c1ccccc1. The Hall–Kier alpha value is -1.90. The number of ketones is 1. The highest BCUT2D eigenvalue weighted by Gasteiger charge is 2.01. The Bertz CT molecular complexity index is 355. The van der Waals surface area contributed by atoms with Crippen LogP contribution in [0.15, 0.2) is 42.5 Å². The number of nitrogens with two attached hydrogens (primary N) is 1. The third-order valence-corrected chi connectivity index (χ3v) is 1.68. The molecule has 0 spiro atoms. The van der Waals surface area contributed by atoms with Crippen molar-refractivity contribution in [3.05, 3.63) is 48.0 Å². The van der Waals surface area contributed by atoms with Gasteiger partial charge in [0.2, 0.25) is 5.91 Å². The van der Waals surface area contributed by atoms with Gasteiger partial charge in [0, 0.05) is 12.0 Å². The van der Waals surface area contributed by atoms with Crippen molar-refractivity contribution in [1.82, 2.24) is 0 Å². The zero-order valence-electron chi connectivity index (χ0n) is 7.64. The summed E-state index contributed by atoms with van der Waals surface area (Å²) in [5, 5.41) is 0. The van der Waals surface area contributed by atoms with Crippen LogP contribution in [0, 0.1) is 0 Å². The third kappa shape index (κ3) is 3.23. The minimum Gasteiger partial charge on any atom is -0.366 e. The summed E-state index contributed by atoms with van der Waals surface area (Å²) in [5.41, 5.74) is 5.52. The molecule has 2 N–H and O–H groups in total. The maximum Gasteiger partial charge on any atom is 0.241 e. The van der Waals surface area contributed by atoms with Gasteiger partial charge in [0.25, 0.3) is 0 Å². The molecule has 0 atom stereocenters. The van der Waals surface area contributed by atoms with Gasteiger partial charge in [-0.3, -0.25) is 9.59 Å². The summed E-state index contributed by atoms with van der Waals surface area (Å²) in [4.78, 5) is 21.8. The molecule has 0 aliphatic rings. The predicted octanol–water partition coefficient (Wildman–Crippen LogP) is 1.30. The molecule has 1 aromatic carbocycles. The van der Waals surface area contributed by atoms with Crippen molar-refractivity contribution >= 4 is 11.7 Å². The molecular weight excluding hydrogens is 178 g/mol. The van der Waals surface area contributed by atoms with Gasteiger partial charge in [-0.15, -0.1) is 0 Å². The minimum atomic E-state index is -0.536. The van der Waals surface area contributed by atoms with Crippen molar-refractivity contribution in [2.24, 2.45) is 5.73 Å². The molecule has 1 amide bonds. The number of hydrogen-bond acceptors (Lipinski definition) is 2. The topological polar surface area (TPSA) is 60.2 Å². The Morgan fingerprint density at radius 2 is 1.86 bits per heavy atom. The molecule has 0 aliphatic heterocycles. The van der Waals surface area contributed by atoms with E-state index in [2.05, 4.69) is 0 Å². The zero-order chi connectivity index (χ0) is 10.4. The van der Waals surface area contributed by atoms with E-state index in [1.807, 2.05) is 6.07 Å². The van der Waals surface area contributed by atoms with Crippen LogP contribution in [0.1, 0.15) is 16.8 Å². The first-order valence-corrected chi connectivity index (χ1v) is 4.24. The maximum absolute atomic E-state index is 11.4. The number of primary amides is 1. The standard InChI is InChI=1S/C11H11NO2/c12-11(14)8-4-7-10(13)9-5-2-1-3-6-9/h1-6,8H,7H2,(H2,12,14). The molecule has 1 rings (SSSR count). The number of amides is 1. The lowest BCUT2D eigenvalue weighted by Gasteiger charge is -1.95. The van der Waals surface area contributed by atoms with Gasteiger partial charge < -0.3 is 5.73 Å². The van der Waals surface area contributed by atoms with Crippen molar-refractivity contribution in [3.63, 3.8) is 0 Å². The van der Waals surface area contributed by atoms with E-state index in [1.54, 1.807) is 24.3 Å². The van der Waals surface area contributed by atoms with Gasteiger partial charge in [0.15, 0.2) is 5.78 Å². The molecule has 0 saturated heterocycles. The van der Waals surface area contributed by atoms with E-state index in [0.717, 1.165) is 0 Å². The second kappa shape index (κ2) is 4.97. The normalized spacial score (nSPS) is 10.3. The number of hydrogen-bond donors (Lipinski definition) is 1. The molecule has 0 saturated carbocycles. The quantitative estimate of drug-likeness (QED) is 0.573. The summed E-state index contributed by atoms with van der Waals surface area (Å²) in [7, 11) is 0. The Balaban J connectivity index is 2.56. The lowest BCUT2D eigenvalue weighted by molar-refractivity contribution is -0.113. The van der Waals surface area contributed by atoms with Crippen molar-refractivity contribution < 1.29 is 9.59 Å². The number of Topliss-reactive ketones (excluding diaryl/α,β-unsaturated/α-hetero) is 1. The largest absolute Gasteiger partial charge is 0.366 e. The fourth-order valence-corrected chi connectivity index (χ4v) is 1.02. The Labute approximate surface area is 82.2 Å². The van der Waals surface area contributed by atoms with Gasteiger partial charge in [-0.2, -0.15) is 0 Å². The molecule has 72 valence electrons. The second-order valence-corrected chi connectivity index (χ2v) is 2.80. The van der Waals surface area contributed by atoms with Crippen LogP contribution in [-0.2, 0) is 4.79 Å². The van der Waals surface area contributed by atoms with Crippen LogP contribution < -0.4 is 5.73 Å². The number of rotatable bonds is 4. The van der Waals surface area contributed by atoms with Crippen molar-refractivity contribution in [2.75, 3.05) is 0 Å². The molecule has 3 nitrogen and oxygen atoms in total. The van der Waals surface area contributed by atoms with Crippen LogP contribution in [-0.4, -0.2) is 11.7 Å². The fourth-order valence-electron chi connectivity index (χ4n) is 1.02. The molecule has 0 aliphatic carbocycles. The number of carbonyl (C=O) groups excluding carboxylic acids is 2. The molecule has 1 aromatic rings. The van der Waals surface area contributed by atoms with Crippen molar-refractivity contribution in [3.8, 4) is 0 Å². The molecule has 0 radical (unpaired) electrons. The van der Waals surface area contributed by atoms with Gasteiger partial charge in [-0.1, -0.05) is 36.4 Å². The van der Waals surface area contributed by atoms with Crippen LogP contribution in [0.4, 0.5) is 0 Å². The fraction of sp³-hybridized carbons (Fsp3) is 0.0909.